The molecule has 7 nitrogen and oxygen atoms in total. The largest absolute Gasteiger partial charge is 0.342 e. The second-order valence-electron chi connectivity index (χ2n) is 6.67. The number of amides is 2. The van der Waals surface area contributed by atoms with E-state index < -0.39 is 0 Å². The maximum atomic E-state index is 12.6. The molecule has 1 aromatic heterocycles. The van der Waals surface area contributed by atoms with Crippen LogP contribution >= 0.6 is 0 Å². The van der Waals surface area contributed by atoms with Crippen molar-refractivity contribution < 1.29 is 9.59 Å². The van der Waals surface area contributed by atoms with Gasteiger partial charge in [0.15, 0.2) is 5.82 Å². The first kappa shape index (κ1) is 17.1. The number of carbonyl (C=O) groups is 2. The molecule has 1 aromatic carbocycles. The molecular formula is C18H23N5O2. The van der Waals surface area contributed by atoms with Gasteiger partial charge >= 0.3 is 0 Å². The van der Waals surface area contributed by atoms with Gasteiger partial charge in [0.05, 0.1) is 6.04 Å². The lowest BCUT2D eigenvalue weighted by atomic mass is 10.0. The molecule has 25 heavy (non-hydrogen) atoms. The van der Waals surface area contributed by atoms with Crippen molar-refractivity contribution in [3.63, 3.8) is 0 Å². The summed E-state index contributed by atoms with van der Waals surface area (Å²) in [4.78, 5) is 30.5. The van der Waals surface area contributed by atoms with E-state index in [2.05, 4.69) is 20.5 Å². The predicted octanol–water partition coefficient (Wildman–Crippen LogP) is 2.37. The van der Waals surface area contributed by atoms with E-state index in [-0.39, 0.29) is 23.8 Å². The van der Waals surface area contributed by atoms with Crippen molar-refractivity contribution in [2.45, 2.75) is 39.7 Å². The monoisotopic (exact) mass is 341 g/mol. The van der Waals surface area contributed by atoms with Crippen LogP contribution in [0.4, 0.5) is 5.69 Å². The summed E-state index contributed by atoms with van der Waals surface area (Å²) in [7, 11) is 0. The summed E-state index contributed by atoms with van der Waals surface area (Å²) in [6.07, 6.45) is 1.47. The third-order valence-electron chi connectivity index (χ3n) is 4.36. The molecule has 2 amide bonds. The third-order valence-corrected chi connectivity index (χ3v) is 4.36. The smallest absolute Gasteiger partial charge is 0.251 e. The molecule has 0 aliphatic carbocycles. The van der Waals surface area contributed by atoms with E-state index in [1.807, 2.05) is 32.9 Å². The first-order chi connectivity index (χ1) is 12.0. The van der Waals surface area contributed by atoms with Gasteiger partial charge in [0.2, 0.25) is 5.91 Å². The molecule has 1 aliphatic rings. The summed E-state index contributed by atoms with van der Waals surface area (Å²) in [5.74, 6) is 1.41. The molecule has 3 rings (SSSR count). The highest BCUT2D eigenvalue weighted by Crippen LogP contribution is 2.23. The molecule has 132 valence electrons. The normalized spacial score (nSPS) is 15.7. The molecular weight excluding hydrogens is 318 g/mol. The van der Waals surface area contributed by atoms with Gasteiger partial charge in [-0.05, 0) is 43.5 Å². The van der Waals surface area contributed by atoms with Gasteiger partial charge in [0.25, 0.3) is 5.91 Å². The number of nitrogens with zero attached hydrogens (tertiary/aromatic N) is 3. The molecule has 1 atom stereocenters. The Morgan fingerprint density at radius 3 is 2.52 bits per heavy atom. The lowest BCUT2D eigenvalue weighted by Crippen LogP contribution is -2.32. The van der Waals surface area contributed by atoms with Gasteiger partial charge in [-0.15, -0.1) is 0 Å². The summed E-state index contributed by atoms with van der Waals surface area (Å²) in [5.41, 5.74) is 1.39. The van der Waals surface area contributed by atoms with Crippen molar-refractivity contribution in [2.75, 3.05) is 11.4 Å². The Bertz CT molecular complexity index is 766. The van der Waals surface area contributed by atoms with Gasteiger partial charge in [-0.1, -0.05) is 13.8 Å². The standard InChI is InChI=1S/C18H23N5O2/c1-11(2)16(17-19-12(3)21-22-17)20-18(25)13-6-8-14(9-7-13)23-10-4-5-15(23)24/h6-9,11,16H,4-5,10H2,1-3H3,(H,20,25)(H,19,21,22). The van der Waals surface area contributed by atoms with Crippen molar-refractivity contribution in [2.24, 2.45) is 5.92 Å². The Balaban J connectivity index is 1.72. The lowest BCUT2D eigenvalue weighted by molar-refractivity contribution is -0.117. The minimum Gasteiger partial charge on any atom is -0.342 e. The maximum Gasteiger partial charge on any atom is 0.251 e. The van der Waals surface area contributed by atoms with Crippen LogP contribution in [-0.4, -0.2) is 33.5 Å². The molecule has 7 heteroatoms. The molecule has 0 bridgehead atoms. The number of H-pyrrole nitrogens is 1. The Morgan fingerprint density at radius 1 is 1.28 bits per heavy atom. The van der Waals surface area contributed by atoms with Crippen molar-refractivity contribution in [1.82, 2.24) is 20.5 Å². The second kappa shape index (κ2) is 7.04. The van der Waals surface area contributed by atoms with E-state index in [4.69, 9.17) is 0 Å². The van der Waals surface area contributed by atoms with Crippen LogP contribution in [0.1, 0.15) is 54.7 Å². The van der Waals surface area contributed by atoms with Crippen LogP contribution in [0.2, 0.25) is 0 Å². The Labute approximate surface area is 146 Å². The van der Waals surface area contributed by atoms with Gasteiger partial charge in [-0.3, -0.25) is 14.7 Å². The number of aromatic nitrogens is 3. The molecule has 0 spiro atoms. The molecule has 1 fully saturated rings. The number of hydrogen-bond acceptors (Lipinski definition) is 4. The second-order valence-corrected chi connectivity index (χ2v) is 6.67. The molecule has 0 saturated carbocycles. The number of carbonyl (C=O) groups excluding carboxylic acids is 2. The zero-order valence-corrected chi connectivity index (χ0v) is 14.7. The predicted molar refractivity (Wildman–Crippen MR) is 94.2 cm³/mol. The first-order valence-corrected chi connectivity index (χ1v) is 8.56. The van der Waals surface area contributed by atoms with Crippen LogP contribution in [0, 0.1) is 12.8 Å². The zero-order valence-electron chi connectivity index (χ0n) is 14.7. The number of rotatable bonds is 5. The highest BCUT2D eigenvalue weighted by molar-refractivity contribution is 5.97. The molecule has 2 N–H and O–H groups in total. The summed E-state index contributed by atoms with van der Waals surface area (Å²) in [5, 5.41) is 9.97. The fourth-order valence-electron chi connectivity index (χ4n) is 2.97. The van der Waals surface area contributed by atoms with Gasteiger partial charge in [0, 0.05) is 24.2 Å². The number of benzene rings is 1. The van der Waals surface area contributed by atoms with E-state index in [1.165, 1.54) is 0 Å². The van der Waals surface area contributed by atoms with Crippen molar-refractivity contribution >= 4 is 17.5 Å². The average Bonchev–Trinajstić information content (AvgIpc) is 3.20. The van der Waals surface area contributed by atoms with Crippen molar-refractivity contribution in [3.05, 3.63) is 41.5 Å². The van der Waals surface area contributed by atoms with E-state index in [1.54, 1.807) is 17.0 Å². The van der Waals surface area contributed by atoms with Gasteiger partial charge < -0.3 is 10.2 Å². The van der Waals surface area contributed by atoms with E-state index in [0.717, 1.165) is 24.5 Å². The van der Waals surface area contributed by atoms with Crippen LogP contribution in [0.25, 0.3) is 0 Å². The molecule has 2 heterocycles. The summed E-state index contributed by atoms with van der Waals surface area (Å²) < 4.78 is 0. The number of nitrogens with one attached hydrogen (secondary N) is 2. The van der Waals surface area contributed by atoms with Crippen LogP contribution in [-0.2, 0) is 4.79 Å². The molecule has 0 radical (unpaired) electrons. The molecule has 2 aromatic rings. The number of anilines is 1. The summed E-state index contributed by atoms with van der Waals surface area (Å²) in [6.45, 7) is 6.59. The van der Waals surface area contributed by atoms with Crippen LogP contribution in [0.3, 0.4) is 0 Å². The first-order valence-electron chi connectivity index (χ1n) is 8.56. The third kappa shape index (κ3) is 3.70. The summed E-state index contributed by atoms with van der Waals surface area (Å²) in [6, 6.07) is 6.87. The molecule has 1 aliphatic heterocycles. The minimum atomic E-state index is -0.266. The quantitative estimate of drug-likeness (QED) is 0.873. The topological polar surface area (TPSA) is 91.0 Å². The highest BCUT2D eigenvalue weighted by atomic mass is 16.2. The Morgan fingerprint density at radius 2 is 2.00 bits per heavy atom. The molecule has 1 saturated heterocycles. The van der Waals surface area contributed by atoms with E-state index in [9.17, 15) is 9.59 Å². The Kier molecular flexibility index (Phi) is 4.83. The van der Waals surface area contributed by atoms with Crippen molar-refractivity contribution in [3.8, 4) is 0 Å². The average molecular weight is 341 g/mol. The van der Waals surface area contributed by atoms with Crippen LogP contribution < -0.4 is 10.2 Å². The molecule has 1 unspecified atom stereocenters. The number of aryl methyl sites for hydroxylation is 1. The fraction of sp³-hybridized carbons (Fsp3) is 0.444. The number of aromatic amines is 1. The zero-order chi connectivity index (χ0) is 18.0. The lowest BCUT2D eigenvalue weighted by Gasteiger charge is -2.20. The van der Waals surface area contributed by atoms with Crippen LogP contribution in [0.15, 0.2) is 24.3 Å². The van der Waals surface area contributed by atoms with Gasteiger partial charge in [-0.2, -0.15) is 5.10 Å². The van der Waals surface area contributed by atoms with Gasteiger partial charge in [0.1, 0.15) is 5.82 Å². The SMILES string of the molecule is Cc1nc(C(NC(=O)c2ccc(N3CCCC3=O)cc2)C(C)C)n[nH]1. The van der Waals surface area contributed by atoms with Crippen molar-refractivity contribution in [1.29, 1.82) is 0 Å². The summed E-state index contributed by atoms with van der Waals surface area (Å²) >= 11 is 0. The fourth-order valence-corrected chi connectivity index (χ4v) is 2.97. The van der Waals surface area contributed by atoms with E-state index in [0.29, 0.717) is 17.8 Å². The minimum absolute atomic E-state index is 0.136. The van der Waals surface area contributed by atoms with Gasteiger partial charge in [-0.25, -0.2) is 4.98 Å². The Hall–Kier alpha value is -2.70. The van der Waals surface area contributed by atoms with Crippen LogP contribution in [0.5, 0.6) is 0 Å². The van der Waals surface area contributed by atoms with E-state index >= 15 is 0 Å². The maximum absolute atomic E-state index is 12.6. The number of hydrogen-bond donors (Lipinski definition) is 2. The highest BCUT2D eigenvalue weighted by Gasteiger charge is 2.24.